The van der Waals surface area contributed by atoms with Crippen molar-refractivity contribution in [1.29, 1.82) is 5.26 Å². The Morgan fingerprint density at radius 1 is 1.24 bits per heavy atom. The number of hydrogen-bond donors (Lipinski definition) is 1. The highest BCUT2D eigenvalue weighted by Crippen LogP contribution is 2.16. The average Bonchev–Trinajstić information content (AvgIpc) is 2.37. The van der Waals surface area contributed by atoms with Gasteiger partial charge in [-0.05, 0) is 30.7 Å². The van der Waals surface area contributed by atoms with Crippen LogP contribution in [0.15, 0.2) is 23.1 Å². The number of benzene rings is 1. The van der Waals surface area contributed by atoms with E-state index in [9.17, 15) is 16.8 Å². The van der Waals surface area contributed by atoms with Gasteiger partial charge in [-0.2, -0.15) is 5.26 Å². The van der Waals surface area contributed by atoms with Crippen molar-refractivity contribution in [2.75, 3.05) is 26.4 Å². The van der Waals surface area contributed by atoms with Crippen molar-refractivity contribution < 1.29 is 16.8 Å². The maximum atomic E-state index is 12.1. The number of nitrogens with zero attached hydrogens (tertiary/aromatic N) is 2. The largest absolute Gasteiger partial charge is 0.240 e. The van der Waals surface area contributed by atoms with Gasteiger partial charge in [-0.3, -0.25) is 0 Å². The van der Waals surface area contributed by atoms with Crippen molar-refractivity contribution in [3.63, 3.8) is 0 Å². The van der Waals surface area contributed by atoms with Gasteiger partial charge in [-0.25, -0.2) is 25.9 Å². The molecule has 0 radical (unpaired) electrons. The molecule has 0 atom stereocenters. The molecule has 0 aliphatic heterocycles. The first-order valence-corrected chi connectivity index (χ1v) is 9.10. The molecule has 1 N–H and O–H groups in total. The fourth-order valence-electron chi connectivity index (χ4n) is 1.59. The molecule has 0 aliphatic rings. The first-order valence-electron chi connectivity index (χ1n) is 6.01. The summed E-state index contributed by atoms with van der Waals surface area (Å²) in [5.41, 5.74) is 0.790. The summed E-state index contributed by atoms with van der Waals surface area (Å²) in [5, 5.41) is 8.75. The summed E-state index contributed by atoms with van der Waals surface area (Å²) in [6.45, 7) is 1.36. The molecule has 1 rings (SSSR count). The highest BCUT2D eigenvalue weighted by Gasteiger charge is 2.19. The van der Waals surface area contributed by atoms with Crippen molar-refractivity contribution in [1.82, 2.24) is 9.03 Å². The van der Waals surface area contributed by atoms with Gasteiger partial charge >= 0.3 is 0 Å². The topological polar surface area (TPSA) is 107 Å². The van der Waals surface area contributed by atoms with E-state index in [-0.39, 0.29) is 17.2 Å². The van der Waals surface area contributed by atoms with Gasteiger partial charge in [-0.15, -0.1) is 0 Å². The molecule has 0 saturated heterocycles. The number of aryl methyl sites for hydroxylation is 1. The lowest BCUT2D eigenvalue weighted by Gasteiger charge is -2.12. The Balaban J connectivity index is 2.87. The second-order valence-electron chi connectivity index (χ2n) is 4.59. The molecule has 0 saturated carbocycles. The summed E-state index contributed by atoms with van der Waals surface area (Å²) >= 11 is 0. The molecule has 0 fully saturated rings. The van der Waals surface area contributed by atoms with Crippen LogP contribution in [0.4, 0.5) is 0 Å². The Kier molecular flexibility index (Phi) is 5.47. The van der Waals surface area contributed by atoms with Crippen LogP contribution in [-0.2, 0) is 20.0 Å². The van der Waals surface area contributed by atoms with E-state index in [1.54, 1.807) is 6.92 Å². The predicted molar refractivity (Wildman–Crippen MR) is 78.6 cm³/mol. The zero-order valence-electron chi connectivity index (χ0n) is 12.0. The number of nitrogens with one attached hydrogen (secondary N) is 1. The van der Waals surface area contributed by atoms with E-state index >= 15 is 0 Å². The fraction of sp³-hybridized carbons (Fsp3) is 0.417. The Morgan fingerprint density at radius 3 is 2.33 bits per heavy atom. The summed E-state index contributed by atoms with van der Waals surface area (Å²) in [6.07, 6.45) is 0. The zero-order valence-corrected chi connectivity index (χ0v) is 13.6. The summed E-state index contributed by atoms with van der Waals surface area (Å²) < 4.78 is 50.6. The molecule has 21 heavy (non-hydrogen) atoms. The van der Waals surface area contributed by atoms with Gasteiger partial charge in [-0.1, -0.05) is 0 Å². The molecule has 7 nitrogen and oxygen atoms in total. The Labute approximate surface area is 125 Å². The van der Waals surface area contributed by atoms with E-state index in [1.807, 2.05) is 6.07 Å². The standard InChI is InChI=1S/C12H17N3O4S2/c1-10-8-11(9-13)4-5-12(10)21(18,19)14-6-7-20(16,17)15(2)3/h4-5,8,14H,6-7H2,1-3H3. The second kappa shape index (κ2) is 6.53. The molecule has 1 aromatic carbocycles. The zero-order chi connectivity index (χ0) is 16.3. The third-order valence-electron chi connectivity index (χ3n) is 2.80. The summed E-state index contributed by atoms with van der Waals surface area (Å²) in [6, 6.07) is 6.12. The van der Waals surface area contributed by atoms with Crippen LogP contribution in [0.5, 0.6) is 0 Å². The maximum absolute atomic E-state index is 12.1. The van der Waals surface area contributed by atoms with Crippen molar-refractivity contribution >= 4 is 20.0 Å². The van der Waals surface area contributed by atoms with E-state index in [0.29, 0.717) is 11.1 Å². The normalized spacial score (nSPS) is 12.3. The highest BCUT2D eigenvalue weighted by molar-refractivity contribution is 7.90. The number of nitriles is 1. The lowest BCUT2D eigenvalue weighted by atomic mass is 10.2. The number of sulfonamides is 2. The van der Waals surface area contributed by atoms with Gasteiger partial charge in [0.05, 0.1) is 22.3 Å². The summed E-state index contributed by atoms with van der Waals surface area (Å²) in [7, 11) is -4.50. The van der Waals surface area contributed by atoms with Crippen molar-refractivity contribution in [2.45, 2.75) is 11.8 Å². The number of rotatable bonds is 6. The minimum Gasteiger partial charge on any atom is -0.212 e. The first-order chi connectivity index (χ1) is 9.60. The van der Waals surface area contributed by atoms with Gasteiger partial charge < -0.3 is 0 Å². The van der Waals surface area contributed by atoms with Crippen molar-refractivity contribution in [3.05, 3.63) is 29.3 Å². The number of hydrogen-bond acceptors (Lipinski definition) is 5. The van der Waals surface area contributed by atoms with Crippen LogP contribution in [0.3, 0.4) is 0 Å². The lowest BCUT2D eigenvalue weighted by molar-refractivity contribution is 0.519. The minimum absolute atomic E-state index is 0.0313. The highest BCUT2D eigenvalue weighted by atomic mass is 32.2. The molecule has 9 heteroatoms. The Hall–Kier alpha value is -1.47. The predicted octanol–water partition coefficient (Wildman–Crippen LogP) is 0.0364. The van der Waals surface area contributed by atoms with E-state index < -0.39 is 20.0 Å². The minimum atomic E-state index is -3.81. The van der Waals surface area contributed by atoms with Gasteiger partial charge in [0.15, 0.2) is 0 Å². The van der Waals surface area contributed by atoms with E-state index in [2.05, 4.69) is 4.72 Å². The SMILES string of the molecule is Cc1cc(C#N)ccc1S(=O)(=O)NCCS(=O)(=O)N(C)C. The van der Waals surface area contributed by atoms with Crippen LogP contribution in [0.1, 0.15) is 11.1 Å². The average molecular weight is 331 g/mol. The lowest BCUT2D eigenvalue weighted by Crippen LogP contribution is -2.34. The van der Waals surface area contributed by atoms with Crippen LogP contribution >= 0.6 is 0 Å². The van der Waals surface area contributed by atoms with Gasteiger partial charge in [0.25, 0.3) is 0 Å². The monoisotopic (exact) mass is 331 g/mol. The van der Waals surface area contributed by atoms with Gasteiger partial charge in [0.1, 0.15) is 0 Å². The third-order valence-corrected chi connectivity index (χ3v) is 6.26. The molecular weight excluding hydrogens is 314 g/mol. The molecule has 0 spiro atoms. The Bertz CT molecular complexity index is 762. The molecule has 1 aromatic rings. The van der Waals surface area contributed by atoms with Crippen LogP contribution in [0.25, 0.3) is 0 Å². The van der Waals surface area contributed by atoms with Crippen LogP contribution in [0.2, 0.25) is 0 Å². The van der Waals surface area contributed by atoms with Gasteiger partial charge in [0, 0.05) is 20.6 Å². The molecule has 0 unspecified atom stereocenters. The summed E-state index contributed by atoms with van der Waals surface area (Å²) in [5.74, 6) is -0.325. The van der Waals surface area contributed by atoms with Crippen LogP contribution in [0, 0.1) is 18.3 Å². The molecule has 116 valence electrons. The Morgan fingerprint density at radius 2 is 1.86 bits per heavy atom. The first kappa shape index (κ1) is 17.6. The fourth-order valence-corrected chi connectivity index (χ4v) is 3.70. The van der Waals surface area contributed by atoms with Crippen LogP contribution in [-0.4, -0.2) is 47.5 Å². The molecular formula is C12H17N3O4S2. The molecule has 0 aromatic heterocycles. The van der Waals surface area contributed by atoms with E-state index in [4.69, 9.17) is 5.26 Å². The van der Waals surface area contributed by atoms with Crippen molar-refractivity contribution in [3.8, 4) is 6.07 Å². The quantitative estimate of drug-likeness (QED) is 0.791. The maximum Gasteiger partial charge on any atom is 0.240 e. The molecule has 0 aliphatic carbocycles. The second-order valence-corrected chi connectivity index (χ2v) is 8.63. The van der Waals surface area contributed by atoms with E-state index in [0.717, 1.165) is 4.31 Å². The molecule has 0 bridgehead atoms. The molecule has 0 amide bonds. The summed E-state index contributed by atoms with van der Waals surface area (Å²) in [4.78, 5) is 0.0313. The smallest absolute Gasteiger partial charge is 0.212 e. The molecule has 0 heterocycles. The van der Waals surface area contributed by atoms with Crippen molar-refractivity contribution in [2.24, 2.45) is 0 Å². The van der Waals surface area contributed by atoms with Gasteiger partial charge in [0.2, 0.25) is 20.0 Å². The van der Waals surface area contributed by atoms with E-state index in [1.165, 1.54) is 32.3 Å². The van der Waals surface area contributed by atoms with Crippen LogP contribution < -0.4 is 4.72 Å². The third kappa shape index (κ3) is 4.50.